The topological polar surface area (TPSA) is 68.4 Å². The summed E-state index contributed by atoms with van der Waals surface area (Å²) in [7, 11) is -0.858. The summed E-state index contributed by atoms with van der Waals surface area (Å²) >= 11 is 0. The number of methoxy groups -OCH3 is 1. The quantitative estimate of drug-likeness (QED) is 0.229. The van der Waals surface area contributed by atoms with Gasteiger partial charge in [-0.3, -0.25) is 4.79 Å². The number of hydrogen-bond acceptors (Lipinski definition) is 4. The molecule has 0 fully saturated rings. The number of hydrogen-bond donors (Lipinski definition) is 1. The van der Waals surface area contributed by atoms with E-state index in [1.165, 1.54) is 7.11 Å². The molecule has 1 heterocycles. The van der Waals surface area contributed by atoms with Gasteiger partial charge in [-0.05, 0) is 23.0 Å². The fourth-order valence-electron chi connectivity index (χ4n) is 4.86. The van der Waals surface area contributed by atoms with Gasteiger partial charge in [0.2, 0.25) is 8.32 Å². The van der Waals surface area contributed by atoms with E-state index in [9.17, 15) is 9.59 Å². The van der Waals surface area contributed by atoms with E-state index in [0.29, 0.717) is 22.2 Å². The van der Waals surface area contributed by atoms with Gasteiger partial charge in [-0.2, -0.15) is 0 Å². The van der Waals surface area contributed by atoms with Crippen LogP contribution >= 0.6 is 0 Å². The summed E-state index contributed by atoms with van der Waals surface area (Å²) in [5.74, 6) is -1.49. The van der Waals surface area contributed by atoms with E-state index in [1.807, 2.05) is 12.1 Å². The van der Waals surface area contributed by atoms with Gasteiger partial charge in [-0.15, -0.1) is 0 Å². The number of carbonyl (C=O) groups excluding carboxylic acids is 2. The molecule has 160 valence electrons. The van der Waals surface area contributed by atoms with Crippen LogP contribution in [0.4, 0.5) is 0 Å². The van der Waals surface area contributed by atoms with E-state index in [2.05, 4.69) is 64.3 Å². The first-order valence-electron chi connectivity index (χ1n) is 10.5. The van der Waals surface area contributed by atoms with Crippen molar-refractivity contribution >= 4 is 31.0 Å². The molecule has 0 bridgehead atoms. The number of fused-ring (bicyclic) bond motifs is 1. The molecule has 0 amide bonds. The highest BCUT2D eigenvalue weighted by molar-refractivity contribution is 6.77. The second-order valence-corrected chi connectivity index (χ2v) is 14.0. The number of benzene rings is 1. The Hall–Kier alpha value is -1.92. The number of carbonyl (C=O) groups is 2. The summed E-state index contributed by atoms with van der Waals surface area (Å²) in [6.45, 7) is 15.8. The Kier molecular flexibility index (Phi) is 7.46. The highest BCUT2D eigenvalue weighted by Crippen LogP contribution is 2.46. The number of nitrogens with one attached hydrogen (secondary N) is 1. The van der Waals surface area contributed by atoms with Crippen LogP contribution in [0.1, 0.15) is 76.9 Å². The Bertz CT molecular complexity index is 847. The molecule has 0 aliphatic rings. The van der Waals surface area contributed by atoms with Gasteiger partial charge in [-0.25, -0.2) is 4.79 Å². The third-order valence-corrected chi connectivity index (χ3v) is 12.2. The summed E-state index contributed by atoms with van der Waals surface area (Å²) in [5, 5.41) is 0.728. The summed E-state index contributed by atoms with van der Waals surface area (Å²) in [5.41, 5.74) is 3.67. The number of Topliss-reactive ketones (excluding diaryl/α,β-unsaturated/α-hetero) is 1. The maximum absolute atomic E-state index is 12.4. The minimum Gasteiger partial charge on any atom is -0.463 e. The maximum Gasteiger partial charge on any atom is 0.379 e. The smallest absolute Gasteiger partial charge is 0.379 e. The predicted molar refractivity (Wildman–Crippen MR) is 120 cm³/mol. The fourth-order valence-corrected chi connectivity index (χ4v) is 10.5. The van der Waals surface area contributed by atoms with Gasteiger partial charge in [0.1, 0.15) is 0 Å². The molecule has 0 aliphatic heterocycles. The van der Waals surface area contributed by atoms with Crippen LogP contribution in [0.5, 0.6) is 0 Å². The number of ether oxygens (including phenoxy) is 1. The van der Waals surface area contributed by atoms with Crippen LogP contribution in [0.25, 0.3) is 10.9 Å². The van der Waals surface area contributed by atoms with Gasteiger partial charge >= 0.3 is 5.97 Å². The molecular formula is C23H35NO4Si. The minimum absolute atomic E-state index is 0.0719. The first-order valence-corrected chi connectivity index (χ1v) is 12.7. The van der Waals surface area contributed by atoms with Crippen molar-refractivity contribution in [2.75, 3.05) is 7.11 Å². The van der Waals surface area contributed by atoms with Gasteiger partial charge in [0.05, 0.1) is 24.3 Å². The van der Waals surface area contributed by atoms with Gasteiger partial charge in [-0.1, -0.05) is 66.7 Å². The Morgan fingerprint density at radius 3 is 2.10 bits per heavy atom. The first kappa shape index (κ1) is 23.4. The first-order chi connectivity index (χ1) is 13.6. The third-order valence-electron chi connectivity index (χ3n) is 6.13. The lowest BCUT2D eigenvalue weighted by atomic mass is 10.0. The van der Waals surface area contributed by atoms with Crippen molar-refractivity contribution in [1.29, 1.82) is 0 Å². The molecule has 1 atom stereocenters. The van der Waals surface area contributed by atoms with Crippen LogP contribution in [-0.2, 0) is 14.0 Å². The van der Waals surface area contributed by atoms with Crippen molar-refractivity contribution in [2.24, 2.45) is 0 Å². The molecule has 5 nitrogen and oxygen atoms in total. The van der Waals surface area contributed by atoms with E-state index in [4.69, 9.17) is 4.43 Å². The molecule has 2 rings (SSSR count). The fraction of sp³-hybridized carbons (Fsp3) is 0.565. The molecule has 1 aromatic carbocycles. The number of rotatable bonds is 9. The Morgan fingerprint density at radius 2 is 1.62 bits per heavy atom. The van der Waals surface area contributed by atoms with E-state index in [-0.39, 0.29) is 6.10 Å². The predicted octanol–water partition coefficient (Wildman–Crippen LogP) is 6.17. The average Bonchev–Trinajstić information content (AvgIpc) is 3.11. The summed E-state index contributed by atoms with van der Waals surface area (Å²) in [6.07, 6.45) is 2.36. The Labute approximate surface area is 175 Å². The Morgan fingerprint density at radius 1 is 1.03 bits per heavy atom. The van der Waals surface area contributed by atoms with Crippen molar-refractivity contribution in [3.63, 3.8) is 0 Å². The van der Waals surface area contributed by atoms with Crippen LogP contribution in [0.3, 0.4) is 0 Å². The molecule has 0 spiro atoms. The van der Waals surface area contributed by atoms with Crippen molar-refractivity contribution in [2.45, 2.75) is 77.6 Å². The Balaban J connectivity index is 2.55. The molecule has 29 heavy (non-hydrogen) atoms. The number of para-hydroxylation sites is 1. The summed E-state index contributed by atoms with van der Waals surface area (Å²) < 4.78 is 11.7. The van der Waals surface area contributed by atoms with Gasteiger partial charge < -0.3 is 14.1 Å². The molecule has 0 radical (unpaired) electrons. The zero-order valence-electron chi connectivity index (χ0n) is 19.0. The lowest BCUT2D eigenvalue weighted by molar-refractivity contribution is -0.135. The van der Waals surface area contributed by atoms with Crippen LogP contribution < -0.4 is 0 Å². The number of esters is 1. The molecular weight excluding hydrogens is 382 g/mol. The average molecular weight is 418 g/mol. The molecule has 1 aromatic heterocycles. The van der Waals surface area contributed by atoms with Crippen molar-refractivity contribution in [1.82, 2.24) is 4.98 Å². The number of aromatic amines is 1. The largest absolute Gasteiger partial charge is 0.463 e. The zero-order chi connectivity index (χ0) is 21.9. The van der Waals surface area contributed by atoms with E-state index >= 15 is 0 Å². The third kappa shape index (κ3) is 4.19. The summed E-state index contributed by atoms with van der Waals surface area (Å²) in [6, 6.07) is 5.84. The number of ketones is 1. The second-order valence-electron chi connectivity index (χ2n) is 8.63. The molecule has 2 aromatic rings. The van der Waals surface area contributed by atoms with Crippen molar-refractivity contribution in [3.05, 3.63) is 35.5 Å². The van der Waals surface area contributed by atoms with Gasteiger partial charge in [0.25, 0.3) is 5.78 Å². The van der Waals surface area contributed by atoms with Crippen molar-refractivity contribution in [3.8, 4) is 0 Å². The highest BCUT2D eigenvalue weighted by atomic mass is 28.4. The van der Waals surface area contributed by atoms with Crippen LogP contribution in [0, 0.1) is 0 Å². The van der Waals surface area contributed by atoms with E-state index in [1.54, 1.807) is 6.20 Å². The van der Waals surface area contributed by atoms with E-state index < -0.39 is 20.1 Å². The molecule has 0 saturated heterocycles. The number of aromatic nitrogens is 1. The van der Waals surface area contributed by atoms with Crippen molar-refractivity contribution < 1.29 is 18.8 Å². The normalized spacial score (nSPS) is 13.5. The van der Waals surface area contributed by atoms with Crippen LogP contribution in [0.15, 0.2) is 24.4 Å². The highest BCUT2D eigenvalue weighted by Gasteiger charge is 2.46. The van der Waals surface area contributed by atoms with Crippen LogP contribution in [0.2, 0.25) is 16.6 Å². The number of H-pyrrole nitrogens is 1. The molecule has 0 saturated carbocycles. The standard InChI is InChI=1S/C23H35NO4Si/c1-9-20(28-29(14(2)3,15(4)5)16(6)7)18-12-10-11-17-19(13-24-21(17)18)22(25)23(26)27-8/h10-16,20,24H,9H2,1-8H3. The minimum atomic E-state index is -2.08. The van der Waals surface area contributed by atoms with E-state index in [0.717, 1.165) is 22.9 Å². The van der Waals surface area contributed by atoms with Gasteiger partial charge in [0, 0.05) is 17.1 Å². The zero-order valence-corrected chi connectivity index (χ0v) is 20.0. The lowest BCUT2D eigenvalue weighted by Crippen LogP contribution is -2.48. The lowest BCUT2D eigenvalue weighted by Gasteiger charge is -2.44. The molecule has 6 heteroatoms. The molecule has 0 aliphatic carbocycles. The maximum atomic E-state index is 12.4. The van der Waals surface area contributed by atoms with Gasteiger partial charge in [0.15, 0.2) is 0 Å². The summed E-state index contributed by atoms with van der Waals surface area (Å²) in [4.78, 5) is 27.3. The molecule has 1 unspecified atom stereocenters. The molecule has 1 N–H and O–H groups in total. The second kappa shape index (κ2) is 9.26. The SMILES string of the molecule is CCC(O[Si](C(C)C)(C(C)C)C(C)C)c1cccc2c(C(=O)C(=O)OC)c[nH]c12. The van der Waals surface area contributed by atoms with Crippen LogP contribution in [-0.4, -0.2) is 32.2 Å². The monoisotopic (exact) mass is 417 g/mol.